The van der Waals surface area contributed by atoms with Gasteiger partial charge in [0.25, 0.3) is 5.91 Å². The Labute approximate surface area is 120 Å². The van der Waals surface area contributed by atoms with Crippen molar-refractivity contribution in [1.82, 2.24) is 15.2 Å². The van der Waals surface area contributed by atoms with Crippen LogP contribution in [-0.2, 0) is 9.59 Å². The Hall–Kier alpha value is -2.76. The number of rotatable bonds is 1. The maximum Gasteiger partial charge on any atom is 0.255 e. The van der Waals surface area contributed by atoms with Crippen molar-refractivity contribution in [1.29, 1.82) is 0 Å². The number of aromatic nitrogens is 1. The molecular formula is C15H13N3O3. The summed E-state index contributed by atoms with van der Waals surface area (Å²) in [6.45, 7) is 1.48. The molecule has 0 radical (unpaired) electrons. The number of hydrogen-bond acceptors (Lipinski definition) is 4. The lowest BCUT2D eigenvalue weighted by atomic mass is 10.1. The van der Waals surface area contributed by atoms with Crippen molar-refractivity contribution in [2.75, 3.05) is 6.54 Å². The fourth-order valence-corrected chi connectivity index (χ4v) is 2.40. The zero-order chi connectivity index (χ0) is 15.0. The first-order valence-corrected chi connectivity index (χ1v) is 6.56. The van der Waals surface area contributed by atoms with Crippen LogP contribution in [0.15, 0.2) is 36.5 Å². The summed E-state index contributed by atoms with van der Waals surface area (Å²) in [5, 5.41) is 2.92. The van der Waals surface area contributed by atoms with Gasteiger partial charge in [0.15, 0.2) is 0 Å². The van der Waals surface area contributed by atoms with Crippen molar-refractivity contribution in [2.24, 2.45) is 0 Å². The molecule has 0 aliphatic carbocycles. The summed E-state index contributed by atoms with van der Waals surface area (Å²) in [5.41, 5.74) is 1.14. The highest BCUT2D eigenvalue weighted by Crippen LogP contribution is 2.19. The minimum atomic E-state index is -0.679. The highest BCUT2D eigenvalue weighted by atomic mass is 16.2. The topological polar surface area (TPSA) is 79.4 Å². The number of carbonyl (C=O) groups excluding carboxylic acids is 3. The van der Waals surface area contributed by atoms with E-state index in [0.29, 0.717) is 16.5 Å². The third-order valence-electron chi connectivity index (χ3n) is 3.56. The average molecular weight is 283 g/mol. The second-order valence-corrected chi connectivity index (χ2v) is 4.90. The van der Waals surface area contributed by atoms with Crippen molar-refractivity contribution in [3.8, 4) is 0 Å². The summed E-state index contributed by atoms with van der Waals surface area (Å²) in [6.07, 6.45) is 1.55. The second kappa shape index (κ2) is 4.97. The van der Waals surface area contributed by atoms with Crippen molar-refractivity contribution in [3.05, 3.63) is 42.1 Å². The van der Waals surface area contributed by atoms with Crippen LogP contribution in [0.2, 0.25) is 0 Å². The predicted molar refractivity (Wildman–Crippen MR) is 75.4 cm³/mol. The molecule has 2 aromatic rings. The van der Waals surface area contributed by atoms with Gasteiger partial charge in [-0.15, -0.1) is 0 Å². The molecule has 0 saturated carbocycles. The first kappa shape index (κ1) is 13.2. The Morgan fingerprint density at radius 3 is 2.86 bits per heavy atom. The lowest BCUT2D eigenvalue weighted by Gasteiger charge is -2.31. The van der Waals surface area contributed by atoms with Crippen LogP contribution in [0.4, 0.5) is 0 Å². The Morgan fingerprint density at radius 2 is 2.05 bits per heavy atom. The number of para-hydroxylation sites is 1. The van der Waals surface area contributed by atoms with Crippen LogP contribution >= 0.6 is 0 Å². The van der Waals surface area contributed by atoms with E-state index in [1.165, 1.54) is 4.90 Å². The largest absolute Gasteiger partial charge is 0.318 e. The number of imide groups is 1. The van der Waals surface area contributed by atoms with E-state index < -0.39 is 17.9 Å². The number of nitrogens with zero attached hydrogens (tertiary/aromatic N) is 2. The maximum absolute atomic E-state index is 12.7. The summed E-state index contributed by atoms with van der Waals surface area (Å²) in [7, 11) is 0. The minimum absolute atomic E-state index is 0.123. The summed E-state index contributed by atoms with van der Waals surface area (Å²) in [6, 6.07) is 8.19. The van der Waals surface area contributed by atoms with Crippen LogP contribution < -0.4 is 5.32 Å². The fraction of sp³-hybridized carbons (Fsp3) is 0.200. The summed E-state index contributed by atoms with van der Waals surface area (Å²) in [5.74, 6) is -1.27. The van der Waals surface area contributed by atoms with E-state index in [-0.39, 0.29) is 12.5 Å². The number of hydrogen-bond donors (Lipinski definition) is 1. The van der Waals surface area contributed by atoms with E-state index in [4.69, 9.17) is 0 Å². The molecule has 106 valence electrons. The van der Waals surface area contributed by atoms with Gasteiger partial charge in [0, 0.05) is 11.6 Å². The standard InChI is InChI=1S/C15H13N3O3/c1-9-14(20)17-13(19)8-18(9)15(21)11-6-7-16-12-5-3-2-4-10(11)12/h2-7,9H,8H2,1H3,(H,17,19,20). The van der Waals surface area contributed by atoms with E-state index in [1.807, 2.05) is 18.2 Å². The molecule has 21 heavy (non-hydrogen) atoms. The molecule has 1 N–H and O–H groups in total. The summed E-state index contributed by atoms with van der Waals surface area (Å²) in [4.78, 5) is 41.3. The zero-order valence-corrected chi connectivity index (χ0v) is 11.4. The van der Waals surface area contributed by atoms with Gasteiger partial charge >= 0.3 is 0 Å². The van der Waals surface area contributed by atoms with Crippen molar-refractivity contribution in [2.45, 2.75) is 13.0 Å². The van der Waals surface area contributed by atoms with Gasteiger partial charge in [0.05, 0.1) is 11.1 Å². The highest BCUT2D eigenvalue weighted by Gasteiger charge is 2.34. The third kappa shape index (κ3) is 2.24. The number of carbonyl (C=O) groups is 3. The SMILES string of the molecule is CC1C(=O)NC(=O)CN1C(=O)c1ccnc2ccccc12. The zero-order valence-electron chi connectivity index (χ0n) is 11.4. The summed E-state index contributed by atoms with van der Waals surface area (Å²) < 4.78 is 0. The van der Waals surface area contributed by atoms with Gasteiger partial charge in [-0.1, -0.05) is 18.2 Å². The molecular weight excluding hydrogens is 270 g/mol. The minimum Gasteiger partial charge on any atom is -0.318 e. The van der Waals surface area contributed by atoms with E-state index >= 15 is 0 Å². The third-order valence-corrected chi connectivity index (χ3v) is 3.56. The Morgan fingerprint density at radius 1 is 1.29 bits per heavy atom. The van der Waals surface area contributed by atoms with Crippen molar-refractivity contribution in [3.63, 3.8) is 0 Å². The van der Waals surface area contributed by atoms with E-state index in [1.54, 1.807) is 25.3 Å². The number of nitrogens with one attached hydrogen (secondary N) is 1. The molecule has 1 unspecified atom stereocenters. The van der Waals surface area contributed by atoms with Gasteiger partial charge in [-0.25, -0.2) is 0 Å². The Bertz CT molecular complexity index is 751. The van der Waals surface area contributed by atoms with Crippen LogP contribution in [-0.4, -0.2) is 40.2 Å². The van der Waals surface area contributed by atoms with Crippen LogP contribution in [0, 0.1) is 0 Å². The Kier molecular flexibility index (Phi) is 3.13. The van der Waals surface area contributed by atoms with Crippen LogP contribution in [0.5, 0.6) is 0 Å². The van der Waals surface area contributed by atoms with E-state index in [2.05, 4.69) is 10.3 Å². The lowest BCUT2D eigenvalue weighted by molar-refractivity contribution is -0.138. The molecule has 1 fully saturated rings. The molecule has 1 atom stereocenters. The highest BCUT2D eigenvalue weighted by molar-refractivity contribution is 6.11. The number of benzene rings is 1. The van der Waals surface area contributed by atoms with Gasteiger partial charge in [-0.3, -0.25) is 24.7 Å². The van der Waals surface area contributed by atoms with Crippen molar-refractivity contribution >= 4 is 28.6 Å². The normalized spacial score (nSPS) is 18.7. The van der Waals surface area contributed by atoms with Crippen LogP contribution in [0.3, 0.4) is 0 Å². The Balaban J connectivity index is 2.04. The quantitative estimate of drug-likeness (QED) is 0.782. The smallest absolute Gasteiger partial charge is 0.255 e. The lowest BCUT2D eigenvalue weighted by Crippen LogP contribution is -2.58. The van der Waals surface area contributed by atoms with Gasteiger partial charge in [0.2, 0.25) is 11.8 Å². The average Bonchev–Trinajstić information content (AvgIpc) is 2.49. The van der Waals surface area contributed by atoms with Gasteiger partial charge < -0.3 is 4.90 Å². The fourth-order valence-electron chi connectivity index (χ4n) is 2.40. The molecule has 0 spiro atoms. The number of amides is 3. The monoisotopic (exact) mass is 283 g/mol. The van der Waals surface area contributed by atoms with Crippen LogP contribution in [0.25, 0.3) is 10.9 Å². The molecule has 1 aromatic heterocycles. The van der Waals surface area contributed by atoms with Crippen molar-refractivity contribution < 1.29 is 14.4 Å². The summed E-state index contributed by atoms with van der Waals surface area (Å²) >= 11 is 0. The molecule has 1 aliphatic rings. The van der Waals surface area contributed by atoms with Gasteiger partial charge in [-0.2, -0.15) is 0 Å². The number of pyridine rings is 1. The molecule has 6 heteroatoms. The predicted octanol–water partition coefficient (Wildman–Crippen LogP) is 0.722. The van der Waals surface area contributed by atoms with Gasteiger partial charge in [-0.05, 0) is 19.1 Å². The molecule has 1 saturated heterocycles. The second-order valence-electron chi connectivity index (χ2n) is 4.90. The number of piperazine rings is 1. The molecule has 2 heterocycles. The van der Waals surface area contributed by atoms with E-state index in [0.717, 1.165) is 0 Å². The van der Waals surface area contributed by atoms with E-state index in [9.17, 15) is 14.4 Å². The van der Waals surface area contributed by atoms with Gasteiger partial charge in [0.1, 0.15) is 12.6 Å². The molecule has 0 bridgehead atoms. The molecule has 6 nitrogen and oxygen atoms in total. The molecule has 1 aliphatic heterocycles. The first-order valence-electron chi connectivity index (χ1n) is 6.56. The molecule has 1 aromatic carbocycles. The molecule has 3 amide bonds. The first-order chi connectivity index (χ1) is 10.1. The van der Waals surface area contributed by atoms with Crippen LogP contribution in [0.1, 0.15) is 17.3 Å². The molecule has 3 rings (SSSR count). The maximum atomic E-state index is 12.7. The number of fused-ring (bicyclic) bond motifs is 1.